The van der Waals surface area contributed by atoms with Crippen LogP contribution in [0.3, 0.4) is 0 Å². The van der Waals surface area contributed by atoms with Gasteiger partial charge in [0.05, 0.1) is 6.54 Å². The summed E-state index contributed by atoms with van der Waals surface area (Å²) in [5, 5.41) is 1.75. The Morgan fingerprint density at radius 2 is 1.62 bits per heavy atom. The lowest BCUT2D eigenvalue weighted by Crippen LogP contribution is -2.42. The lowest BCUT2D eigenvalue weighted by molar-refractivity contribution is 0.575. The van der Waals surface area contributed by atoms with E-state index in [9.17, 15) is 19.2 Å². The van der Waals surface area contributed by atoms with E-state index in [1.54, 1.807) is 35.7 Å². The van der Waals surface area contributed by atoms with Gasteiger partial charge >= 0.3 is 11.4 Å². The summed E-state index contributed by atoms with van der Waals surface area (Å²) in [7, 11) is 6.34. The average Bonchev–Trinajstić information content (AvgIpc) is 3.54. The van der Waals surface area contributed by atoms with Crippen molar-refractivity contribution in [3.8, 4) is 12.3 Å². The molecule has 0 aromatic carbocycles. The molecule has 0 radical (unpaired) electrons. The Morgan fingerprint density at radius 1 is 0.941 bits per heavy atom. The molecule has 2 aliphatic rings. The molecule has 1 aliphatic heterocycles. The number of aryl methyl sites for hydroxylation is 1. The minimum atomic E-state index is -0.543. The quantitative estimate of drug-likeness (QED) is 0.468. The van der Waals surface area contributed by atoms with Crippen molar-refractivity contribution in [3.63, 3.8) is 0 Å². The minimum absolute atomic E-state index is 0.0837. The maximum Gasteiger partial charge on any atom is 0.333 e. The van der Waals surface area contributed by atoms with Gasteiger partial charge in [-0.1, -0.05) is 18.8 Å². The molecule has 34 heavy (non-hydrogen) atoms. The third-order valence-electron chi connectivity index (χ3n) is 6.93. The predicted molar refractivity (Wildman–Crippen MR) is 127 cm³/mol. The van der Waals surface area contributed by atoms with E-state index in [-0.39, 0.29) is 24.6 Å². The second-order valence-corrected chi connectivity index (χ2v) is 8.99. The number of aromatic nitrogens is 6. The van der Waals surface area contributed by atoms with Crippen molar-refractivity contribution in [2.75, 3.05) is 23.6 Å². The zero-order chi connectivity index (χ0) is 24.5. The van der Waals surface area contributed by atoms with Gasteiger partial charge in [-0.15, -0.1) is 6.42 Å². The third kappa shape index (κ3) is 2.76. The molecule has 12 nitrogen and oxygen atoms in total. The van der Waals surface area contributed by atoms with Gasteiger partial charge in [-0.25, -0.2) is 28.8 Å². The summed E-state index contributed by atoms with van der Waals surface area (Å²) in [4.78, 5) is 58.6. The van der Waals surface area contributed by atoms with Crippen molar-refractivity contribution in [2.45, 2.75) is 38.1 Å². The molecule has 3 aromatic heterocycles. The van der Waals surface area contributed by atoms with Crippen molar-refractivity contribution in [2.24, 2.45) is 21.1 Å². The Hall–Kier alpha value is -4.01. The summed E-state index contributed by atoms with van der Waals surface area (Å²) in [6.07, 6.45) is 9.26. The van der Waals surface area contributed by atoms with Crippen molar-refractivity contribution >= 4 is 22.7 Å². The summed E-state index contributed by atoms with van der Waals surface area (Å²) < 4.78 is 6.57. The van der Waals surface area contributed by atoms with Crippen LogP contribution in [0.25, 0.3) is 11.2 Å². The number of fused-ring (bicyclic) bond motifs is 2. The van der Waals surface area contributed by atoms with Crippen LogP contribution in [0.2, 0.25) is 0 Å². The molecule has 0 unspecified atom stereocenters. The number of anilines is 2. The van der Waals surface area contributed by atoms with E-state index in [1.807, 2.05) is 0 Å². The normalized spacial score (nSPS) is 16.0. The zero-order valence-corrected chi connectivity index (χ0v) is 19.6. The molecule has 5 rings (SSSR count). The first kappa shape index (κ1) is 21.8. The number of rotatable bonds is 3. The molecule has 0 spiro atoms. The molecule has 178 valence electrons. The maximum atomic E-state index is 13.2. The average molecular weight is 467 g/mol. The first-order valence-electron chi connectivity index (χ1n) is 11.1. The Balaban J connectivity index is 1.89. The molecular formula is C22H26N8O4. The molecule has 1 aliphatic carbocycles. The lowest BCUT2D eigenvalue weighted by atomic mass is 10.1. The predicted octanol–water partition coefficient (Wildman–Crippen LogP) is -0.738. The van der Waals surface area contributed by atoms with Gasteiger partial charge in [0.1, 0.15) is 18.2 Å². The third-order valence-corrected chi connectivity index (χ3v) is 6.93. The molecular weight excluding hydrogens is 440 g/mol. The van der Waals surface area contributed by atoms with E-state index < -0.39 is 22.5 Å². The van der Waals surface area contributed by atoms with Crippen LogP contribution >= 0.6 is 0 Å². The molecule has 0 amide bonds. The van der Waals surface area contributed by atoms with E-state index in [4.69, 9.17) is 11.4 Å². The van der Waals surface area contributed by atoms with Crippen LogP contribution in [0.15, 0.2) is 19.2 Å². The van der Waals surface area contributed by atoms with Gasteiger partial charge < -0.3 is 4.90 Å². The first-order chi connectivity index (χ1) is 16.2. The van der Waals surface area contributed by atoms with Gasteiger partial charge in [-0.05, 0) is 12.8 Å². The molecule has 0 N–H and O–H groups in total. The highest BCUT2D eigenvalue weighted by atomic mass is 16.2. The summed E-state index contributed by atoms with van der Waals surface area (Å²) in [6, 6.07) is 0. The Bertz CT molecular complexity index is 1620. The molecule has 1 saturated carbocycles. The SMILES string of the molecule is C#CCn1c(=O)c2c(n(C)c1=O)N(n1c(C3CCCC3)nc3c(=O)n(C)c(=O)n(C)c31)CN2C. The van der Waals surface area contributed by atoms with Crippen LogP contribution in [0.4, 0.5) is 11.5 Å². The Kier molecular flexibility index (Phi) is 4.82. The van der Waals surface area contributed by atoms with Crippen LogP contribution < -0.4 is 32.4 Å². The highest BCUT2D eigenvalue weighted by Crippen LogP contribution is 2.38. The van der Waals surface area contributed by atoms with E-state index in [0.717, 1.165) is 34.8 Å². The molecule has 4 heterocycles. The van der Waals surface area contributed by atoms with E-state index >= 15 is 0 Å². The van der Waals surface area contributed by atoms with Gasteiger partial charge in [0, 0.05) is 34.1 Å². The van der Waals surface area contributed by atoms with Crippen molar-refractivity contribution in [3.05, 3.63) is 47.5 Å². The van der Waals surface area contributed by atoms with Crippen LogP contribution in [0.5, 0.6) is 0 Å². The Labute approximate surface area is 193 Å². The molecule has 0 bridgehead atoms. The first-order valence-corrected chi connectivity index (χ1v) is 11.1. The Morgan fingerprint density at radius 3 is 2.26 bits per heavy atom. The fraction of sp³-hybridized carbons (Fsp3) is 0.500. The number of terminal acetylenes is 1. The van der Waals surface area contributed by atoms with Gasteiger partial charge in [-0.3, -0.25) is 23.3 Å². The topological polar surface area (TPSA) is 112 Å². The van der Waals surface area contributed by atoms with Crippen molar-refractivity contribution in [1.29, 1.82) is 0 Å². The fourth-order valence-electron chi connectivity index (χ4n) is 5.21. The van der Waals surface area contributed by atoms with Crippen LogP contribution in [-0.2, 0) is 27.7 Å². The van der Waals surface area contributed by atoms with Crippen LogP contribution in [0.1, 0.15) is 37.4 Å². The highest BCUT2D eigenvalue weighted by Gasteiger charge is 2.37. The number of hydrogen-bond donors (Lipinski definition) is 0. The number of imidazole rings is 1. The second-order valence-electron chi connectivity index (χ2n) is 8.99. The van der Waals surface area contributed by atoms with E-state index in [1.165, 1.54) is 16.2 Å². The second kappa shape index (κ2) is 7.51. The maximum absolute atomic E-state index is 13.2. The summed E-state index contributed by atoms with van der Waals surface area (Å²) >= 11 is 0. The summed E-state index contributed by atoms with van der Waals surface area (Å²) in [5.74, 6) is 3.45. The fourth-order valence-corrected chi connectivity index (χ4v) is 5.21. The molecule has 1 fully saturated rings. The summed E-state index contributed by atoms with van der Waals surface area (Å²) in [6.45, 7) is 0.0744. The molecule has 12 heteroatoms. The molecule has 0 saturated heterocycles. The van der Waals surface area contributed by atoms with Gasteiger partial charge in [0.15, 0.2) is 17.0 Å². The monoisotopic (exact) mass is 466 g/mol. The van der Waals surface area contributed by atoms with E-state index in [2.05, 4.69) is 5.92 Å². The van der Waals surface area contributed by atoms with Crippen molar-refractivity contribution < 1.29 is 0 Å². The van der Waals surface area contributed by atoms with Gasteiger partial charge in [0.25, 0.3) is 11.1 Å². The van der Waals surface area contributed by atoms with Crippen LogP contribution in [0, 0.1) is 12.3 Å². The summed E-state index contributed by atoms with van der Waals surface area (Å²) in [5.41, 5.74) is -1.18. The molecule has 3 aromatic rings. The molecule has 0 atom stereocenters. The standard InChI is InChI=1S/C22H26N8O4/c1-6-11-28-20(32)15-18(26(4)22(28)34)29(12-24(15)2)30-16(13-9-7-8-10-13)23-14-17(30)25(3)21(33)27(5)19(14)31/h1,13H,7-12H2,2-5H3. The minimum Gasteiger partial charge on any atom is -0.348 e. The van der Waals surface area contributed by atoms with Crippen molar-refractivity contribution in [1.82, 2.24) is 27.9 Å². The highest BCUT2D eigenvalue weighted by molar-refractivity contribution is 5.77. The zero-order valence-electron chi connectivity index (χ0n) is 19.6. The van der Waals surface area contributed by atoms with Gasteiger partial charge in [0.2, 0.25) is 0 Å². The van der Waals surface area contributed by atoms with E-state index in [0.29, 0.717) is 23.0 Å². The van der Waals surface area contributed by atoms with Crippen LogP contribution in [-0.4, -0.2) is 41.6 Å². The number of hydrogen-bond acceptors (Lipinski definition) is 7. The number of nitrogens with zero attached hydrogens (tertiary/aromatic N) is 8. The lowest BCUT2D eigenvalue weighted by Gasteiger charge is -2.26. The largest absolute Gasteiger partial charge is 0.348 e. The van der Waals surface area contributed by atoms with Gasteiger partial charge in [-0.2, -0.15) is 0 Å². The smallest absolute Gasteiger partial charge is 0.333 e.